The van der Waals surface area contributed by atoms with Crippen molar-refractivity contribution in [3.63, 3.8) is 0 Å². The van der Waals surface area contributed by atoms with Gasteiger partial charge in [0.25, 0.3) is 0 Å². The van der Waals surface area contributed by atoms with Crippen LogP contribution in [0.4, 0.5) is 8.78 Å². The van der Waals surface area contributed by atoms with E-state index in [1.165, 1.54) is 0 Å². The van der Waals surface area contributed by atoms with Gasteiger partial charge in [0.05, 0.1) is 0 Å². The Balaban J connectivity index is 2.39. The Hall–Kier alpha value is -2.03. The van der Waals surface area contributed by atoms with Crippen molar-refractivity contribution in [2.45, 2.75) is 6.42 Å². The molecule has 0 bridgehead atoms. The van der Waals surface area contributed by atoms with Crippen LogP contribution in [0.15, 0.2) is 42.5 Å². The molecule has 0 amide bonds. The van der Waals surface area contributed by atoms with Gasteiger partial charge in [0.15, 0.2) is 0 Å². The minimum atomic E-state index is -0.474. The van der Waals surface area contributed by atoms with E-state index < -0.39 is 11.6 Å². The van der Waals surface area contributed by atoms with Crippen LogP contribution in [-0.2, 0) is 11.2 Å². The summed E-state index contributed by atoms with van der Waals surface area (Å²) in [6, 6.07) is 10.2. The average Bonchev–Trinajstić information content (AvgIpc) is 2.34. The molecule has 0 aliphatic rings. The fourth-order valence-corrected chi connectivity index (χ4v) is 1.64. The fraction of sp³-hybridized carbons (Fsp3) is 0.0714. The van der Waals surface area contributed by atoms with E-state index >= 15 is 0 Å². The lowest BCUT2D eigenvalue weighted by Gasteiger charge is -2.04. The van der Waals surface area contributed by atoms with Gasteiger partial charge in [0, 0.05) is 12.0 Å². The minimum absolute atomic E-state index is 0.225. The molecule has 0 aromatic heterocycles. The summed E-state index contributed by atoms with van der Waals surface area (Å²) >= 11 is 0. The summed E-state index contributed by atoms with van der Waals surface area (Å²) in [5.74, 6) is -0.937. The Morgan fingerprint density at radius 1 is 1.00 bits per heavy atom. The van der Waals surface area contributed by atoms with Crippen molar-refractivity contribution in [1.29, 1.82) is 0 Å². The van der Waals surface area contributed by atoms with E-state index in [0.29, 0.717) is 12.0 Å². The molecule has 0 aliphatic carbocycles. The largest absolute Gasteiger partial charge is 0.303 e. The second kappa shape index (κ2) is 4.87. The molecule has 1 nitrogen and oxygen atoms in total. The van der Waals surface area contributed by atoms with E-state index in [9.17, 15) is 13.6 Å². The second-order valence-electron chi connectivity index (χ2n) is 3.69. The molecule has 0 saturated carbocycles. The molecule has 0 heterocycles. The Bertz CT molecular complexity index is 532. The number of benzene rings is 2. The van der Waals surface area contributed by atoms with Crippen LogP contribution in [0.25, 0.3) is 11.1 Å². The molecule has 2 aromatic carbocycles. The van der Waals surface area contributed by atoms with Gasteiger partial charge >= 0.3 is 0 Å². The zero-order valence-electron chi connectivity index (χ0n) is 8.99. The van der Waals surface area contributed by atoms with Gasteiger partial charge < -0.3 is 4.79 Å². The predicted octanol–water partition coefficient (Wildman–Crippen LogP) is 3.37. The van der Waals surface area contributed by atoms with E-state index in [1.807, 2.05) is 0 Å². The SMILES string of the molecule is O=CCc1ccc(-c2cc(F)ccc2F)cc1. The Labute approximate surface area is 97.7 Å². The molecule has 2 aromatic rings. The normalized spacial score (nSPS) is 10.2. The van der Waals surface area contributed by atoms with Crippen LogP contribution < -0.4 is 0 Å². The zero-order chi connectivity index (χ0) is 12.3. The molecular weight excluding hydrogens is 222 g/mol. The third-order valence-corrected chi connectivity index (χ3v) is 2.51. The first-order chi connectivity index (χ1) is 8.20. The van der Waals surface area contributed by atoms with Crippen molar-refractivity contribution in [3.05, 3.63) is 59.7 Å². The summed E-state index contributed by atoms with van der Waals surface area (Å²) in [7, 11) is 0. The van der Waals surface area contributed by atoms with Crippen molar-refractivity contribution in [1.82, 2.24) is 0 Å². The number of halogens is 2. The predicted molar refractivity (Wildman–Crippen MR) is 61.6 cm³/mol. The molecule has 3 heteroatoms. The summed E-state index contributed by atoms with van der Waals surface area (Å²) in [4.78, 5) is 10.3. The smallest absolute Gasteiger partial charge is 0.131 e. The van der Waals surface area contributed by atoms with Crippen LogP contribution in [0.3, 0.4) is 0 Å². The van der Waals surface area contributed by atoms with E-state index in [-0.39, 0.29) is 5.56 Å². The van der Waals surface area contributed by atoms with Crippen LogP contribution in [0.1, 0.15) is 5.56 Å². The number of hydrogen-bond acceptors (Lipinski definition) is 1. The molecule has 86 valence electrons. The summed E-state index contributed by atoms with van der Waals surface area (Å²) in [6.45, 7) is 0. The molecule has 17 heavy (non-hydrogen) atoms. The summed E-state index contributed by atoms with van der Waals surface area (Å²) in [5, 5.41) is 0. The van der Waals surface area contributed by atoms with Crippen LogP contribution in [0.2, 0.25) is 0 Å². The lowest BCUT2D eigenvalue weighted by Crippen LogP contribution is -1.88. The highest BCUT2D eigenvalue weighted by Crippen LogP contribution is 2.24. The number of rotatable bonds is 3. The third kappa shape index (κ3) is 2.56. The van der Waals surface area contributed by atoms with Gasteiger partial charge in [-0.2, -0.15) is 0 Å². The Morgan fingerprint density at radius 2 is 1.71 bits per heavy atom. The van der Waals surface area contributed by atoms with Gasteiger partial charge in [0.1, 0.15) is 17.9 Å². The lowest BCUT2D eigenvalue weighted by atomic mass is 10.0. The lowest BCUT2D eigenvalue weighted by molar-refractivity contribution is -0.107. The first-order valence-electron chi connectivity index (χ1n) is 5.18. The molecule has 0 N–H and O–H groups in total. The molecule has 0 fully saturated rings. The van der Waals surface area contributed by atoms with Gasteiger partial charge in [-0.15, -0.1) is 0 Å². The topological polar surface area (TPSA) is 17.1 Å². The van der Waals surface area contributed by atoms with Crippen molar-refractivity contribution in [3.8, 4) is 11.1 Å². The van der Waals surface area contributed by atoms with Crippen molar-refractivity contribution in [2.24, 2.45) is 0 Å². The molecule has 2 rings (SSSR count). The van der Waals surface area contributed by atoms with Crippen LogP contribution >= 0.6 is 0 Å². The molecular formula is C14H10F2O. The first kappa shape index (κ1) is 11.5. The maximum atomic E-state index is 13.5. The molecule has 0 atom stereocenters. The number of carbonyl (C=O) groups excluding carboxylic acids is 1. The first-order valence-corrected chi connectivity index (χ1v) is 5.18. The van der Waals surface area contributed by atoms with Crippen molar-refractivity contribution >= 4 is 6.29 Å². The Kier molecular flexibility index (Phi) is 3.28. The number of aldehydes is 1. The minimum Gasteiger partial charge on any atom is -0.303 e. The van der Waals surface area contributed by atoms with Gasteiger partial charge in [-0.25, -0.2) is 8.78 Å². The highest BCUT2D eigenvalue weighted by molar-refractivity contribution is 5.65. The molecule has 0 radical (unpaired) electrons. The van der Waals surface area contributed by atoms with Crippen LogP contribution in [0, 0.1) is 11.6 Å². The number of hydrogen-bond donors (Lipinski definition) is 0. The maximum Gasteiger partial charge on any atom is 0.131 e. The fourth-order valence-electron chi connectivity index (χ4n) is 1.64. The molecule has 0 saturated heterocycles. The van der Waals surface area contributed by atoms with Gasteiger partial charge in [-0.05, 0) is 29.3 Å². The maximum absolute atomic E-state index is 13.5. The van der Waals surface area contributed by atoms with Crippen molar-refractivity contribution in [2.75, 3.05) is 0 Å². The van der Waals surface area contributed by atoms with Gasteiger partial charge in [-0.1, -0.05) is 24.3 Å². The standard InChI is InChI=1S/C14H10F2O/c15-12-5-6-14(16)13(9-12)11-3-1-10(2-4-11)7-8-17/h1-6,8-9H,7H2. The van der Waals surface area contributed by atoms with Gasteiger partial charge in [0.2, 0.25) is 0 Å². The summed E-state index contributed by atoms with van der Waals surface area (Å²) in [5.41, 5.74) is 1.67. The monoisotopic (exact) mass is 232 g/mol. The molecule has 0 spiro atoms. The number of carbonyl (C=O) groups is 1. The summed E-state index contributed by atoms with van der Waals surface area (Å²) < 4.78 is 26.5. The molecule has 0 aliphatic heterocycles. The summed E-state index contributed by atoms with van der Waals surface area (Å²) in [6.07, 6.45) is 1.13. The average molecular weight is 232 g/mol. The van der Waals surface area contributed by atoms with Crippen LogP contribution in [0.5, 0.6) is 0 Å². The quantitative estimate of drug-likeness (QED) is 0.741. The van der Waals surface area contributed by atoms with Crippen molar-refractivity contribution < 1.29 is 13.6 Å². The third-order valence-electron chi connectivity index (χ3n) is 2.51. The van der Waals surface area contributed by atoms with E-state index in [0.717, 1.165) is 30.0 Å². The zero-order valence-corrected chi connectivity index (χ0v) is 8.99. The Morgan fingerprint density at radius 3 is 2.35 bits per heavy atom. The molecule has 0 unspecified atom stereocenters. The van der Waals surface area contributed by atoms with Crippen LogP contribution in [-0.4, -0.2) is 6.29 Å². The van der Waals surface area contributed by atoms with E-state index in [4.69, 9.17) is 0 Å². The highest BCUT2D eigenvalue weighted by Gasteiger charge is 2.06. The second-order valence-corrected chi connectivity index (χ2v) is 3.69. The van der Waals surface area contributed by atoms with Gasteiger partial charge in [-0.3, -0.25) is 0 Å². The van der Waals surface area contributed by atoms with E-state index in [2.05, 4.69) is 0 Å². The van der Waals surface area contributed by atoms with E-state index in [1.54, 1.807) is 24.3 Å². The highest BCUT2D eigenvalue weighted by atomic mass is 19.1.